The van der Waals surface area contributed by atoms with Crippen LogP contribution in [0, 0.1) is 0 Å². The molecule has 1 aliphatic rings. The van der Waals surface area contributed by atoms with E-state index in [2.05, 4.69) is 37.0 Å². The first kappa shape index (κ1) is 14.9. The molecule has 2 aromatic heterocycles. The number of thiazole rings is 1. The van der Waals surface area contributed by atoms with E-state index >= 15 is 0 Å². The van der Waals surface area contributed by atoms with Gasteiger partial charge in [-0.15, -0.1) is 11.3 Å². The van der Waals surface area contributed by atoms with E-state index in [0.717, 1.165) is 38.5 Å². The van der Waals surface area contributed by atoms with Gasteiger partial charge in [-0.2, -0.15) is 4.98 Å². The highest BCUT2D eigenvalue weighted by atomic mass is 32.1. The molecule has 1 saturated heterocycles. The van der Waals surface area contributed by atoms with Gasteiger partial charge in [0.15, 0.2) is 0 Å². The molecule has 3 heterocycles. The minimum absolute atomic E-state index is 0.226. The first-order valence-corrected chi connectivity index (χ1v) is 8.14. The Bertz CT molecular complexity index is 624. The van der Waals surface area contributed by atoms with Gasteiger partial charge in [-0.25, -0.2) is 4.98 Å². The molecule has 22 heavy (non-hydrogen) atoms. The molecule has 1 N–H and O–H groups in total. The van der Waals surface area contributed by atoms with Gasteiger partial charge in [-0.05, 0) is 12.6 Å². The highest BCUT2D eigenvalue weighted by Gasteiger charge is 2.17. The summed E-state index contributed by atoms with van der Waals surface area (Å²) in [6.07, 6.45) is 3.21. The lowest BCUT2D eigenvalue weighted by atomic mass is 10.3. The lowest BCUT2D eigenvalue weighted by Gasteiger charge is -2.34. The molecule has 1 amide bonds. The first-order valence-electron chi connectivity index (χ1n) is 7.26. The maximum absolute atomic E-state index is 12.0. The number of likely N-dealkylation sites (N-methyl/N-ethyl adjacent to an activating group) is 1. The van der Waals surface area contributed by atoms with Gasteiger partial charge in [0.1, 0.15) is 10.7 Å². The van der Waals surface area contributed by atoms with Crippen LogP contribution in [0.1, 0.15) is 16.6 Å². The second kappa shape index (κ2) is 6.80. The zero-order valence-corrected chi connectivity index (χ0v) is 13.2. The number of rotatable bonds is 4. The van der Waals surface area contributed by atoms with E-state index in [4.69, 9.17) is 0 Å². The predicted octanol–water partition coefficient (Wildman–Crippen LogP) is 1.33. The van der Waals surface area contributed by atoms with Gasteiger partial charge in [0.2, 0.25) is 5.95 Å². The largest absolute Gasteiger partial charge is 0.354 e. The average Bonchev–Trinajstić information content (AvgIpc) is 3.10. The number of piperazine rings is 1. The normalized spacial score (nSPS) is 15.8. The molecule has 0 aromatic carbocycles. The third kappa shape index (κ3) is 3.40. The van der Waals surface area contributed by atoms with E-state index in [9.17, 15) is 4.79 Å². The quantitative estimate of drug-likeness (QED) is 0.917. The predicted molar refractivity (Wildman–Crippen MR) is 86.4 cm³/mol. The molecular weight excluding hydrogens is 300 g/mol. The fourth-order valence-corrected chi connectivity index (χ4v) is 2.88. The molecule has 3 rings (SSSR count). The van der Waals surface area contributed by atoms with E-state index in [1.807, 2.05) is 6.07 Å². The number of nitrogens with one attached hydrogen (secondary N) is 1. The zero-order valence-electron chi connectivity index (χ0n) is 12.4. The molecule has 0 unspecified atom stereocenters. The Kier molecular flexibility index (Phi) is 4.59. The molecule has 0 spiro atoms. The number of hydrogen-bond donors (Lipinski definition) is 1. The van der Waals surface area contributed by atoms with Crippen LogP contribution >= 0.6 is 11.3 Å². The summed E-state index contributed by atoms with van der Waals surface area (Å²) in [5.41, 5.74) is 1.62. The summed E-state index contributed by atoms with van der Waals surface area (Å²) < 4.78 is 0. The molecule has 0 aliphatic carbocycles. The Morgan fingerprint density at radius 2 is 2.18 bits per heavy atom. The number of aromatic nitrogens is 3. The SMILES string of the molecule is CCN1CCN(c2ccnc(NC(=O)c3cncs3)n2)CC1. The van der Waals surface area contributed by atoms with Gasteiger partial charge >= 0.3 is 0 Å². The van der Waals surface area contributed by atoms with Gasteiger partial charge in [0.25, 0.3) is 5.91 Å². The molecule has 0 radical (unpaired) electrons. The van der Waals surface area contributed by atoms with Crippen LogP contribution in [0.2, 0.25) is 0 Å². The second-order valence-corrected chi connectivity index (χ2v) is 5.87. The molecular formula is C14H18N6OS. The summed E-state index contributed by atoms with van der Waals surface area (Å²) in [6, 6.07) is 1.88. The summed E-state index contributed by atoms with van der Waals surface area (Å²) in [5.74, 6) is 0.953. The van der Waals surface area contributed by atoms with Gasteiger partial charge < -0.3 is 9.80 Å². The fraction of sp³-hybridized carbons (Fsp3) is 0.429. The van der Waals surface area contributed by atoms with E-state index in [0.29, 0.717) is 10.8 Å². The van der Waals surface area contributed by atoms with Gasteiger partial charge in [0, 0.05) is 32.4 Å². The molecule has 2 aromatic rings. The van der Waals surface area contributed by atoms with Crippen LogP contribution in [0.5, 0.6) is 0 Å². The van der Waals surface area contributed by atoms with E-state index in [-0.39, 0.29) is 5.91 Å². The van der Waals surface area contributed by atoms with Crippen molar-refractivity contribution in [3.05, 3.63) is 28.8 Å². The Hall–Kier alpha value is -2.06. The first-order chi connectivity index (χ1) is 10.8. The van der Waals surface area contributed by atoms with Crippen LogP contribution < -0.4 is 10.2 Å². The number of nitrogens with zero attached hydrogens (tertiary/aromatic N) is 5. The van der Waals surface area contributed by atoms with Crippen molar-refractivity contribution in [1.29, 1.82) is 0 Å². The van der Waals surface area contributed by atoms with Crippen molar-refractivity contribution in [2.75, 3.05) is 42.9 Å². The van der Waals surface area contributed by atoms with Crippen molar-refractivity contribution >= 4 is 29.0 Å². The molecule has 1 aliphatic heterocycles. The van der Waals surface area contributed by atoms with Crippen molar-refractivity contribution in [3.63, 3.8) is 0 Å². The molecule has 8 heteroatoms. The van der Waals surface area contributed by atoms with Gasteiger partial charge in [-0.1, -0.05) is 6.92 Å². The Morgan fingerprint density at radius 1 is 1.36 bits per heavy atom. The summed E-state index contributed by atoms with van der Waals surface area (Å²) >= 11 is 1.29. The van der Waals surface area contributed by atoms with Crippen molar-refractivity contribution in [3.8, 4) is 0 Å². The standard InChI is InChI=1S/C14H18N6OS/c1-2-19-5-7-20(8-6-19)12-3-4-16-14(17-12)18-13(21)11-9-15-10-22-11/h3-4,9-10H,2,5-8H2,1H3,(H,16,17,18,21). The van der Waals surface area contributed by atoms with E-state index < -0.39 is 0 Å². The van der Waals surface area contributed by atoms with Gasteiger partial charge in [-0.3, -0.25) is 15.1 Å². The van der Waals surface area contributed by atoms with Crippen LogP contribution in [0.25, 0.3) is 0 Å². The fourth-order valence-electron chi connectivity index (χ4n) is 2.37. The molecule has 0 bridgehead atoms. The third-order valence-corrected chi connectivity index (χ3v) is 4.44. The molecule has 7 nitrogen and oxygen atoms in total. The van der Waals surface area contributed by atoms with E-state index in [1.54, 1.807) is 11.7 Å². The molecule has 0 saturated carbocycles. The van der Waals surface area contributed by atoms with Crippen molar-refractivity contribution in [2.45, 2.75) is 6.92 Å². The maximum atomic E-state index is 12.0. The van der Waals surface area contributed by atoms with E-state index in [1.165, 1.54) is 17.5 Å². The minimum Gasteiger partial charge on any atom is -0.354 e. The Labute approximate surface area is 133 Å². The average molecular weight is 318 g/mol. The highest BCUT2D eigenvalue weighted by Crippen LogP contribution is 2.15. The van der Waals surface area contributed by atoms with Crippen LogP contribution in [-0.4, -0.2) is 58.5 Å². The van der Waals surface area contributed by atoms with Crippen LogP contribution in [0.3, 0.4) is 0 Å². The lowest BCUT2D eigenvalue weighted by molar-refractivity contribution is 0.102. The van der Waals surface area contributed by atoms with Crippen molar-refractivity contribution in [2.24, 2.45) is 0 Å². The topological polar surface area (TPSA) is 74.2 Å². The van der Waals surface area contributed by atoms with Gasteiger partial charge in [0.05, 0.1) is 11.7 Å². The summed E-state index contributed by atoms with van der Waals surface area (Å²) in [6.45, 7) is 7.19. The molecule has 116 valence electrons. The lowest BCUT2D eigenvalue weighted by Crippen LogP contribution is -2.46. The van der Waals surface area contributed by atoms with Crippen LogP contribution in [-0.2, 0) is 0 Å². The third-order valence-electron chi connectivity index (χ3n) is 3.67. The van der Waals surface area contributed by atoms with Crippen LogP contribution in [0.15, 0.2) is 24.0 Å². The number of anilines is 2. The second-order valence-electron chi connectivity index (χ2n) is 4.98. The maximum Gasteiger partial charge on any atom is 0.269 e. The summed E-state index contributed by atoms with van der Waals surface area (Å²) in [4.78, 5) is 29.6. The Morgan fingerprint density at radius 3 is 2.86 bits per heavy atom. The zero-order chi connectivity index (χ0) is 15.4. The summed E-state index contributed by atoms with van der Waals surface area (Å²) in [5, 5.41) is 2.72. The van der Waals surface area contributed by atoms with Crippen molar-refractivity contribution < 1.29 is 4.79 Å². The number of amides is 1. The monoisotopic (exact) mass is 318 g/mol. The number of carbonyl (C=O) groups excluding carboxylic acids is 1. The Balaban J connectivity index is 1.66. The van der Waals surface area contributed by atoms with Crippen LogP contribution in [0.4, 0.5) is 11.8 Å². The molecule has 1 fully saturated rings. The highest BCUT2D eigenvalue weighted by molar-refractivity contribution is 7.11. The smallest absolute Gasteiger partial charge is 0.269 e. The summed E-state index contributed by atoms with van der Waals surface area (Å²) in [7, 11) is 0. The number of carbonyl (C=O) groups is 1. The molecule has 0 atom stereocenters. The van der Waals surface area contributed by atoms with Crippen molar-refractivity contribution in [1.82, 2.24) is 19.9 Å². The number of hydrogen-bond acceptors (Lipinski definition) is 7. The minimum atomic E-state index is -0.226.